The molecule has 2 aromatic carbocycles. The molecule has 1 amide bonds. The highest BCUT2D eigenvalue weighted by Gasteiger charge is 2.15. The van der Waals surface area contributed by atoms with Gasteiger partial charge in [0.15, 0.2) is 11.5 Å². The minimum atomic E-state index is -3.43. The first kappa shape index (κ1) is 20.6. The number of carbonyl (C=O) groups excluding carboxylic acids is 1. The lowest BCUT2D eigenvalue weighted by Gasteiger charge is -2.17. The minimum absolute atomic E-state index is 0.287. The molecule has 7 nitrogen and oxygen atoms in total. The number of rotatable bonds is 7. The standard InChI is InChI=1S/C19H24N2O5S/c1-12-6-7-15(10-16(12)21-27(5,23)24)19(22)20-13(2)14-8-9-17(25-3)18(11-14)26-4/h6-11,13,21H,1-5H3,(H,20,22). The minimum Gasteiger partial charge on any atom is -0.493 e. The summed E-state index contributed by atoms with van der Waals surface area (Å²) < 4.78 is 35.9. The van der Waals surface area contributed by atoms with Gasteiger partial charge < -0.3 is 14.8 Å². The van der Waals surface area contributed by atoms with Gasteiger partial charge in [0.05, 0.1) is 32.2 Å². The van der Waals surface area contributed by atoms with Crippen LogP contribution in [0.5, 0.6) is 11.5 Å². The molecule has 0 aliphatic rings. The second-order valence-corrected chi connectivity index (χ2v) is 7.96. The molecule has 2 N–H and O–H groups in total. The second-order valence-electron chi connectivity index (χ2n) is 6.21. The quantitative estimate of drug-likeness (QED) is 0.756. The lowest BCUT2D eigenvalue weighted by Crippen LogP contribution is -2.26. The molecule has 1 unspecified atom stereocenters. The number of hydrogen-bond donors (Lipinski definition) is 2. The summed E-state index contributed by atoms with van der Waals surface area (Å²) >= 11 is 0. The monoisotopic (exact) mass is 392 g/mol. The molecule has 0 aliphatic heterocycles. The number of benzene rings is 2. The van der Waals surface area contributed by atoms with Crippen LogP contribution >= 0.6 is 0 Å². The van der Waals surface area contributed by atoms with Crippen LogP contribution < -0.4 is 19.5 Å². The fourth-order valence-electron chi connectivity index (χ4n) is 2.56. The Morgan fingerprint density at radius 2 is 1.70 bits per heavy atom. The molecule has 0 aliphatic carbocycles. The summed E-state index contributed by atoms with van der Waals surface area (Å²) in [5.41, 5.74) is 2.32. The number of nitrogens with one attached hydrogen (secondary N) is 2. The van der Waals surface area contributed by atoms with Crippen molar-refractivity contribution in [3.63, 3.8) is 0 Å². The molecule has 2 rings (SSSR count). The van der Waals surface area contributed by atoms with Gasteiger partial charge in [-0.15, -0.1) is 0 Å². The topological polar surface area (TPSA) is 93.7 Å². The summed E-state index contributed by atoms with van der Waals surface area (Å²) in [4.78, 5) is 12.6. The molecule has 0 radical (unpaired) electrons. The molecular weight excluding hydrogens is 368 g/mol. The van der Waals surface area contributed by atoms with Crippen LogP contribution in [-0.4, -0.2) is 34.8 Å². The fourth-order valence-corrected chi connectivity index (χ4v) is 3.18. The zero-order valence-corrected chi connectivity index (χ0v) is 16.8. The Hall–Kier alpha value is -2.74. The highest BCUT2D eigenvalue weighted by molar-refractivity contribution is 7.92. The van der Waals surface area contributed by atoms with Crippen molar-refractivity contribution in [1.29, 1.82) is 0 Å². The van der Waals surface area contributed by atoms with Crippen LogP contribution in [0, 0.1) is 6.92 Å². The van der Waals surface area contributed by atoms with Crippen LogP contribution in [0.3, 0.4) is 0 Å². The third-order valence-corrected chi connectivity index (χ3v) is 4.64. The average molecular weight is 392 g/mol. The number of ether oxygens (including phenoxy) is 2. The van der Waals surface area contributed by atoms with Gasteiger partial charge >= 0.3 is 0 Å². The van der Waals surface area contributed by atoms with Crippen LogP contribution in [-0.2, 0) is 10.0 Å². The van der Waals surface area contributed by atoms with E-state index in [4.69, 9.17) is 9.47 Å². The van der Waals surface area contributed by atoms with Crippen molar-refractivity contribution in [3.05, 3.63) is 53.1 Å². The van der Waals surface area contributed by atoms with Crippen molar-refractivity contribution in [1.82, 2.24) is 5.32 Å². The maximum atomic E-state index is 12.6. The number of anilines is 1. The third-order valence-electron chi connectivity index (χ3n) is 4.05. The lowest BCUT2D eigenvalue weighted by atomic mass is 10.1. The van der Waals surface area contributed by atoms with Crippen LogP contribution in [0.1, 0.15) is 34.5 Å². The van der Waals surface area contributed by atoms with Gasteiger partial charge in [-0.1, -0.05) is 12.1 Å². The van der Waals surface area contributed by atoms with E-state index in [1.165, 1.54) is 6.07 Å². The molecule has 0 heterocycles. The number of hydrogen-bond acceptors (Lipinski definition) is 5. The number of carbonyl (C=O) groups is 1. The molecule has 146 valence electrons. The number of amides is 1. The largest absolute Gasteiger partial charge is 0.493 e. The normalized spacial score (nSPS) is 12.2. The Morgan fingerprint density at radius 3 is 2.30 bits per heavy atom. The van der Waals surface area contributed by atoms with Crippen molar-refractivity contribution in [3.8, 4) is 11.5 Å². The predicted molar refractivity (Wildman–Crippen MR) is 105 cm³/mol. The van der Waals surface area contributed by atoms with E-state index < -0.39 is 10.0 Å². The van der Waals surface area contributed by atoms with Crippen molar-refractivity contribution in [2.75, 3.05) is 25.2 Å². The first-order chi connectivity index (χ1) is 12.6. The van der Waals surface area contributed by atoms with Gasteiger partial charge in [0.25, 0.3) is 5.91 Å². The summed E-state index contributed by atoms with van der Waals surface area (Å²) in [5, 5.41) is 2.90. The van der Waals surface area contributed by atoms with Gasteiger partial charge in [0.1, 0.15) is 0 Å². The summed E-state index contributed by atoms with van der Waals surface area (Å²) in [5.74, 6) is 0.870. The Balaban J connectivity index is 2.20. The third kappa shape index (κ3) is 5.37. The summed E-state index contributed by atoms with van der Waals surface area (Å²) in [6, 6.07) is 10.0. The zero-order chi connectivity index (χ0) is 20.2. The Labute approximate surface area is 159 Å². The molecule has 0 bridgehead atoms. The molecular formula is C19H24N2O5S. The van der Waals surface area contributed by atoms with Gasteiger partial charge in [-0.3, -0.25) is 9.52 Å². The molecule has 2 aromatic rings. The Kier molecular flexibility index (Phi) is 6.32. The van der Waals surface area contributed by atoms with Gasteiger partial charge in [-0.2, -0.15) is 0 Å². The van der Waals surface area contributed by atoms with Crippen LogP contribution in [0.4, 0.5) is 5.69 Å². The molecule has 1 atom stereocenters. The smallest absolute Gasteiger partial charge is 0.251 e. The van der Waals surface area contributed by atoms with Crippen molar-refractivity contribution < 1.29 is 22.7 Å². The van der Waals surface area contributed by atoms with E-state index >= 15 is 0 Å². The van der Waals surface area contributed by atoms with E-state index in [0.29, 0.717) is 22.7 Å². The Morgan fingerprint density at radius 1 is 1.04 bits per heavy atom. The number of methoxy groups -OCH3 is 2. The van der Waals surface area contributed by atoms with Crippen LogP contribution in [0.2, 0.25) is 0 Å². The zero-order valence-electron chi connectivity index (χ0n) is 16.0. The highest BCUT2D eigenvalue weighted by atomic mass is 32.2. The molecule has 0 saturated heterocycles. The first-order valence-corrected chi connectivity index (χ1v) is 10.1. The number of aryl methyl sites for hydroxylation is 1. The van der Waals surface area contributed by atoms with E-state index in [1.807, 2.05) is 13.0 Å². The van der Waals surface area contributed by atoms with Crippen LogP contribution in [0.15, 0.2) is 36.4 Å². The van der Waals surface area contributed by atoms with Crippen LogP contribution in [0.25, 0.3) is 0 Å². The van der Waals surface area contributed by atoms with E-state index in [2.05, 4.69) is 10.0 Å². The van der Waals surface area contributed by atoms with Crippen molar-refractivity contribution >= 4 is 21.6 Å². The van der Waals surface area contributed by atoms with Crippen molar-refractivity contribution in [2.45, 2.75) is 19.9 Å². The molecule has 0 aromatic heterocycles. The second kappa shape index (κ2) is 8.30. The molecule has 0 fully saturated rings. The van der Waals surface area contributed by atoms with Gasteiger partial charge in [-0.25, -0.2) is 8.42 Å². The molecule has 0 spiro atoms. The fraction of sp³-hybridized carbons (Fsp3) is 0.316. The molecule has 0 saturated carbocycles. The predicted octanol–water partition coefficient (Wildman–Crippen LogP) is 2.87. The molecule has 8 heteroatoms. The van der Waals surface area contributed by atoms with Crippen molar-refractivity contribution in [2.24, 2.45) is 0 Å². The van der Waals surface area contributed by atoms with E-state index in [9.17, 15) is 13.2 Å². The SMILES string of the molecule is COc1ccc(C(C)NC(=O)c2ccc(C)c(NS(C)(=O)=O)c2)cc1OC. The number of sulfonamides is 1. The van der Waals surface area contributed by atoms with Gasteiger partial charge in [-0.05, 0) is 49.2 Å². The first-order valence-electron chi connectivity index (χ1n) is 8.26. The summed E-state index contributed by atoms with van der Waals surface area (Å²) in [6.07, 6.45) is 1.07. The maximum Gasteiger partial charge on any atom is 0.251 e. The maximum absolute atomic E-state index is 12.6. The van der Waals surface area contributed by atoms with Gasteiger partial charge in [0.2, 0.25) is 10.0 Å². The lowest BCUT2D eigenvalue weighted by molar-refractivity contribution is 0.0940. The average Bonchev–Trinajstić information content (AvgIpc) is 2.61. The highest BCUT2D eigenvalue weighted by Crippen LogP contribution is 2.30. The van der Waals surface area contributed by atoms with Gasteiger partial charge in [0, 0.05) is 5.56 Å². The van der Waals surface area contributed by atoms with E-state index in [0.717, 1.165) is 17.4 Å². The molecule has 27 heavy (non-hydrogen) atoms. The Bertz CT molecular complexity index is 941. The summed E-state index contributed by atoms with van der Waals surface area (Å²) in [6.45, 7) is 3.62. The van der Waals surface area contributed by atoms with E-state index in [1.54, 1.807) is 45.4 Å². The summed E-state index contributed by atoms with van der Waals surface area (Å²) in [7, 11) is -0.323. The van der Waals surface area contributed by atoms with E-state index in [-0.39, 0.29) is 11.9 Å².